The van der Waals surface area contributed by atoms with Gasteiger partial charge in [0.15, 0.2) is 5.88 Å². The maximum Gasteiger partial charge on any atom is 0.303 e. The lowest BCUT2D eigenvalue weighted by atomic mass is 9.99. The predicted molar refractivity (Wildman–Crippen MR) is 133 cm³/mol. The predicted octanol–water partition coefficient (Wildman–Crippen LogP) is 4.31. The third-order valence-electron chi connectivity index (χ3n) is 5.90. The van der Waals surface area contributed by atoms with E-state index in [4.69, 9.17) is 14.3 Å². The topological polar surface area (TPSA) is 86.5 Å². The molecule has 0 saturated carbocycles. The Hall–Kier alpha value is -2.84. The molecule has 1 aromatic heterocycles. The average molecular weight is 474 g/mol. The van der Waals surface area contributed by atoms with Crippen molar-refractivity contribution in [2.75, 3.05) is 45.7 Å². The SMILES string of the molecule is CN(C)N(C)Cc1ccccc1OCCCCCC(=O)O.O=CC1CCN(c2ccco2)CC1. The third kappa shape index (κ3) is 9.97. The van der Waals surface area contributed by atoms with Crippen molar-refractivity contribution in [2.24, 2.45) is 5.92 Å². The van der Waals surface area contributed by atoms with Gasteiger partial charge < -0.3 is 24.0 Å². The van der Waals surface area contributed by atoms with Crippen LogP contribution >= 0.6 is 0 Å². The van der Waals surface area contributed by atoms with Crippen molar-refractivity contribution in [3.05, 3.63) is 48.2 Å². The molecule has 8 heteroatoms. The zero-order chi connectivity index (χ0) is 24.8. The normalized spacial score (nSPS) is 14.1. The van der Waals surface area contributed by atoms with Crippen LogP contribution in [0.2, 0.25) is 0 Å². The number of hydrazine groups is 1. The second kappa shape index (κ2) is 15.1. The number of carboxylic acids is 1. The molecule has 1 saturated heterocycles. The summed E-state index contributed by atoms with van der Waals surface area (Å²) in [7, 11) is 6.04. The minimum atomic E-state index is -0.729. The zero-order valence-corrected chi connectivity index (χ0v) is 20.7. The first-order chi connectivity index (χ1) is 16.4. The standard InChI is InChI=1S/C16H26N2O3.C10H13NO2/c1-17(2)18(3)13-14-9-6-7-10-15(14)21-12-8-4-5-11-16(19)20;12-8-9-3-5-11(6-4-9)10-2-1-7-13-10/h6-7,9-10H,4-5,8,11-13H2,1-3H3,(H,19,20);1-2,7-9H,3-6H2. The lowest BCUT2D eigenvalue weighted by molar-refractivity contribution is -0.137. The van der Waals surface area contributed by atoms with Crippen molar-refractivity contribution in [2.45, 2.75) is 45.1 Å². The highest BCUT2D eigenvalue weighted by molar-refractivity contribution is 5.66. The Morgan fingerprint density at radius 2 is 1.85 bits per heavy atom. The van der Waals surface area contributed by atoms with E-state index in [0.717, 1.165) is 68.8 Å². The van der Waals surface area contributed by atoms with Gasteiger partial charge in [-0.1, -0.05) is 18.2 Å². The highest BCUT2D eigenvalue weighted by atomic mass is 16.5. The number of unbranched alkanes of at least 4 members (excludes halogenated alkanes) is 2. The molecule has 188 valence electrons. The number of piperidine rings is 1. The van der Waals surface area contributed by atoms with Crippen molar-refractivity contribution in [1.29, 1.82) is 0 Å². The molecule has 0 atom stereocenters. The van der Waals surface area contributed by atoms with E-state index in [2.05, 4.69) is 16.0 Å². The van der Waals surface area contributed by atoms with Crippen molar-refractivity contribution >= 4 is 18.1 Å². The number of nitrogens with zero attached hydrogens (tertiary/aromatic N) is 3. The Labute approximate surface area is 203 Å². The summed E-state index contributed by atoms with van der Waals surface area (Å²) in [4.78, 5) is 23.1. The summed E-state index contributed by atoms with van der Waals surface area (Å²) in [6, 6.07) is 11.9. The lowest BCUT2D eigenvalue weighted by Gasteiger charge is -2.29. The first-order valence-electron chi connectivity index (χ1n) is 11.9. The Kier molecular flexibility index (Phi) is 12.2. The van der Waals surface area contributed by atoms with Gasteiger partial charge in [0.05, 0.1) is 12.9 Å². The quantitative estimate of drug-likeness (QED) is 0.277. The van der Waals surface area contributed by atoms with Crippen molar-refractivity contribution in [1.82, 2.24) is 10.0 Å². The summed E-state index contributed by atoms with van der Waals surface area (Å²) < 4.78 is 11.1. The van der Waals surface area contributed by atoms with Crippen LogP contribution < -0.4 is 9.64 Å². The number of hydrogen-bond donors (Lipinski definition) is 1. The number of carbonyl (C=O) groups excluding carboxylic acids is 1. The Bertz CT molecular complexity index is 833. The molecule has 1 aliphatic rings. The van der Waals surface area contributed by atoms with Crippen LogP contribution in [-0.4, -0.2) is 68.2 Å². The monoisotopic (exact) mass is 473 g/mol. The van der Waals surface area contributed by atoms with Crippen LogP contribution in [-0.2, 0) is 16.1 Å². The number of para-hydroxylation sites is 1. The van der Waals surface area contributed by atoms with Gasteiger partial charge >= 0.3 is 5.97 Å². The van der Waals surface area contributed by atoms with Gasteiger partial charge in [0.2, 0.25) is 0 Å². The minimum Gasteiger partial charge on any atom is -0.493 e. The number of rotatable bonds is 12. The average Bonchev–Trinajstić information content (AvgIpc) is 3.37. The van der Waals surface area contributed by atoms with Crippen LogP contribution in [0.15, 0.2) is 47.1 Å². The van der Waals surface area contributed by atoms with Crippen molar-refractivity contribution in [3.63, 3.8) is 0 Å². The van der Waals surface area contributed by atoms with Crippen LogP contribution in [0.1, 0.15) is 44.1 Å². The summed E-state index contributed by atoms with van der Waals surface area (Å²) in [5, 5.41) is 12.7. The smallest absolute Gasteiger partial charge is 0.303 e. The number of anilines is 1. The van der Waals surface area contributed by atoms with Gasteiger partial charge in [-0.15, -0.1) is 0 Å². The number of benzene rings is 1. The number of furan rings is 1. The van der Waals surface area contributed by atoms with Crippen LogP contribution in [0.3, 0.4) is 0 Å². The molecule has 1 fully saturated rings. The summed E-state index contributed by atoms with van der Waals surface area (Å²) in [6.45, 7) is 3.28. The molecule has 0 aliphatic carbocycles. The fraction of sp³-hybridized carbons (Fsp3) is 0.538. The van der Waals surface area contributed by atoms with Crippen molar-refractivity contribution in [3.8, 4) is 5.75 Å². The van der Waals surface area contributed by atoms with Gasteiger partial charge in [0.25, 0.3) is 0 Å². The molecular weight excluding hydrogens is 434 g/mol. The number of carbonyl (C=O) groups is 2. The van der Waals surface area contributed by atoms with Crippen LogP contribution in [0.25, 0.3) is 0 Å². The number of aliphatic carboxylic acids is 1. The molecule has 1 aromatic carbocycles. The van der Waals surface area contributed by atoms with E-state index in [1.165, 1.54) is 0 Å². The summed E-state index contributed by atoms with van der Waals surface area (Å²) in [6.07, 6.45) is 7.36. The Morgan fingerprint density at radius 3 is 2.47 bits per heavy atom. The maximum atomic E-state index is 10.5. The Morgan fingerprint density at radius 1 is 1.12 bits per heavy atom. The zero-order valence-electron chi connectivity index (χ0n) is 20.7. The molecular formula is C26H39N3O5. The number of aldehydes is 1. The van der Waals surface area contributed by atoms with E-state index in [1.54, 1.807) is 6.26 Å². The fourth-order valence-corrected chi connectivity index (χ4v) is 3.61. The Balaban J connectivity index is 0.000000266. The largest absolute Gasteiger partial charge is 0.493 e. The molecule has 34 heavy (non-hydrogen) atoms. The van der Waals surface area contributed by atoms with Crippen LogP contribution in [0, 0.1) is 5.92 Å². The molecule has 1 aliphatic heterocycles. The van der Waals surface area contributed by atoms with Gasteiger partial charge in [0, 0.05) is 64.7 Å². The molecule has 1 N–H and O–H groups in total. The van der Waals surface area contributed by atoms with Gasteiger partial charge in [-0.3, -0.25) is 4.79 Å². The van der Waals surface area contributed by atoms with E-state index in [-0.39, 0.29) is 12.3 Å². The summed E-state index contributed by atoms with van der Waals surface area (Å²) >= 11 is 0. The van der Waals surface area contributed by atoms with Crippen LogP contribution in [0.5, 0.6) is 5.75 Å². The van der Waals surface area contributed by atoms with Gasteiger partial charge in [-0.05, 0) is 44.2 Å². The van der Waals surface area contributed by atoms with E-state index < -0.39 is 5.97 Å². The third-order valence-corrected chi connectivity index (χ3v) is 5.90. The van der Waals surface area contributed by atoms with Crippen LogP contribution in [0.4, 0.5) is 5.88 Å². The molecule has 2 heterocycles. The first kappa shape index (κ1) is 27.4. The van der Waals surface area contributed by atoms with E-state index >= 15 is 0 Å². The summed E-state index contributed by atoms with van der Waals surface area (Å²) in [5.41, 5.74) is 1.15. The molecule has 3 rings (SSSR count). The molecule has 2 aromatic rings. The molecule has 0 spiro atoms. The van der Waals surface area contributed by atoms with Crippen molar-refractivity contribution < 1.29 is 23.8 Å². The molecule has 0 unspecified atom stereocenters. The number of ether oxygens (including phenoxy) is 1. The minimum absolute atomic E-state index is 0.240. The maximum absolute atomic E-state index is 10.5. The van der Waals surface area contributed by atoms with Gasteiger partial charge in [0.1, 0.15) is 12.0 Å². The molecule has 8 nitrogen and oxygen atoms in total. The van der Waals surface area contributed by atoms with E-state index in [9.17, 15) is 9.59 Å². The van der Waals surface area contributed by atoms with E-state index in [0.29, 0.717) is 13.0 Å². The van der Waals surface area contributed by atoms with Gasteiger partial charge in [-0.2, -0.15) is 0 Å². The molecule has 0 radical (unpaired) electrons. The highest BCUT2D eigenvalue weighted by Crippen LogP contribution is 2.22. The van der Waals surface area contributed by atoms with E-state index in [1.807, 2.05) is 56.5 Å². The number of carboxylic acid groups (broad SMARTS) is 1. The lowest BCUT2D eigenvalue weighted by Crippen LogP contribution is -2.33. The molecule has 0 bridgehead atoms. The fourth-order valence-electron chi connectivity index (χ4n) is 3.61. The first-order valence-corrected chi connectivity index (χ1v) is 11.9. The summed E-state index contributed by atoms with van der Waals surface area (Å²) in [5.74, 6) is 1.35. The second-order valence-corrected chi connectivity index (χ2v) is 8.74. The second-order valence-electron chi connectivity index (χ2n) is 8.74. The highest BCUT2D eigenvalue weighted by Gasteiger charge is 2.19. The number of hydrogen-bond acceptors (Lipinski definition) is 7. The van der Waals surface area contributed by atoms with Gasteiger partial charge in [-0.25, -0.2) is 10.0 Å². The molecule has 0 amide bonds.